The summed E-state index contributed by atoms with van der Waals surface area (Å²) in [5.74, 6) is 1.21. The van der Waals surface area contributed by atoms with E-state index in [1.54, 1.807) is 0 Å². The lowest BCUT2D eigenvalue weighted by Gasteiger charge is -2.21. The summed E-state index contributed by atoms with van der Waals surface area (Å²) in [6, 6.07) is 8.33. The lowest BCUT2D eigenvalue weighted by Crippen LogP contribution is -2.35. The summed E-state index contributed by atoms with van der Waals surface area (Å²) in [5.41, 5.74) is 7.91. The van der Waals surface area contributed by atoms with Gasteiger partial charge in [-0.05, 0) is 31.4 Å². The first kappa shape index (κ1) is 24.1. The highest BCUT2D eigenvalue weighted by Gasteiger charge is 2.31. The molecule has 3 heterocycles. The van der Waals surface area contributed by atoms with Crippen molar-refractivity contribution in [2.75, 3.05) is 6.54 Å². The first-order valence-electron chi connectivity index (χ1n) is 11.7. The smallest absolute Gasteiger partial charge is 0.249 e. The van der Waals surface area contributed by atoms with E-state index in [-0.39, 0.29) is 24.4 Å². The maximum atomic E-state index is 7.78. The van der Waals surface area contributed by atoms with Gasteiger partial charge in [-0.1, -0.05) is 62.7 Å². The minimum atomic E-state index is -0.0973. The van der Waals surface area contributed by atoms with Crippen LogP contribution in [0.3, 0.4) is 0 Å². The molecular formula is C24H35ClN6O. The van der Waals surface area contributed by atoms with Gasteiger partial charge in [-0.15, -0.1) is 12.4 Å². The third-order valence-electron chi connectivity index (χ3n) is 6.35. The predicted molar refractivity (Wildman–Crippen MR) is 131 cm³/mol. The Morgan fingerprint density at radius 2 is 1.94 bits per heavy atom. The first-order valence-corrected chi connectivity index (χ1v) is 11.7. The number of aryl methyl sites for hydroxylation is 1. The van der Waals surface area contributed by atoms with Crippen LogP contribution in [-0.2, 0) is 6.54 Å². The third-order valence-corrected chi connectivity index (χ3v) is 6.35. The van der Waals surface area contributed by atoms with Crippen molar-refractivity contribution in [1.29, 1.82) is 5.41 Å². The van der Waals surface area contributed by atoms with Crippen molar-refractivity contribution in [3.8, 4) is 11.4 Å². The fraction of sp³-hybridized carbons (Fsp3) is 0.542. The normalized spacial score (nSPS) is 15.9. The van der Waals surface area contributed by atoms with E-state index in [1.807, 2.05) is 11.0 Å². The van der Waals surface area contributed by atoms with Crippen LogP contribution in [0.15, 0.2) is 35.0 Å². The van der Waals surface area contributed by atoms with E-state index in [9.17, 15) is 0 Å². The number of nitrogens with zero attached hydrogens (tertiary/aromatic N) is 4. The Kier molecular flexibility index (Phi) is 8.56. The minimum Gasteiger partial charge on any atom is -0.370 e. The molecule has 0 aliphatic carbocycles. The summed E-state index contributed by atoms with van der Waals surface area (Å²) in [6.45, 7) is 4.05. The summed E-state index contributed by atoms with van der Waals surface area (Å²) >= 11 is 0. The van der Waals surface area contributed by atoms with Gasteiger partial charge in [-0.3, -0.25) is 5.41 Å². The molecule has 4 rings (SSSR count). The third kappa shape index (κ3) is 5.26. The molecule has 1 aliphatic rings. The highest BCUT2D eigenvalue weighted by Crippen LogP contribution is 2.33. The second kappa shape index (κ2) is 11.4. The number of hydrogen-bond acceptors (Lipinski definition) is 4. The van der Waals surface area contributed by atoms with E-state index < -0.39 is 0 Å². The molecule has 3 N–H and O–H groups in total. The van der Waals surface area contributed by atoms with Gasteiger partial charge in [-0.25, -0.2) is 0 Å². The minimum absolute atomic E-state index is 0. The zero-order valence-electron chi connectivity index (χ0n) is 18.9. The Morgan fingerprint density at radius 3 is 2.72 bits per heavy atom. The Hall–Kier alpha value is -2.54. The van der Waals surface area contributed by atoms with Crippen LogP contribution in [0.5, 0.6) is 0 Å². The average Bonchev–Trinajstić information content (AvgIpc) is 3.51. The quantitative estimate of drug-likeness (QED) is 0.224. The molecule has 1 aromatic carbocycles. The van der Waals surface area contributed by atoms with Gasteiger partial charge in [0, 0.05) is 35.8 Å². The van der Waals surface area contributed by atoms with E-state index in [0.29, 0.717) is 11.7 Å². The van der Waals surface area contributed by atoms with Crippen molar-refractivity contribution in [1.82, 2.24) is 19.6 Å². The number of nitrogens with two attached hydrogens (primary N) is 1. The van der Waals surface area contributed by atoms with E-state index in [1.165, 1.54) is 50.5 Å². The number of aromatic nitrogens is 3. The number of nitrogens with one attached hydrogen (secondary N) is 1. The maximum absolute atomic E-state index is 7.78. The van der Waals surface area contributed by atoms with E-state index >= 15 is 0 Å². The fourth-order valence-electron chi connectivity index (χ4n) is 4.64. The molecule has 0 saturated carbocycles. The largest absolute Gasteiger partial charge is 0.370 e. The molecule has 8 heteroatoms. The SMILES string of the molecule is CCCCCCCCCn1ccc2c(-c3noc(C4CCCN4C(=N)N)n3)cccc21.Cl. The molecule has 0 amide bonds. The molecule has 174 valence electrons. The van der Waals surface area contributed by atoms with Gasteiger partial charge in [0.2, 0.25) is 11.7 Å². The molecule has 1 saturated heterocycles. The summed E-state index contributed by atoms with van der Waals surface area (Å²) in [6.07, 6.45) is 13.2. The molecule has 1 unspecified atom stereocenters. The number of benzene rings is 1. The number of rotatable bonds is 10. The number of halogens is 1. The Balaban J connectivity index is 0.00000289. The summed E-state index contributed by atoms with van der Waals surface area (Å²) in [5, 5.41) is 13.2. The van der Waals surface area contributed by atoms with Gasteiger partial charge >= 0.3 is 0 Å². The van der Waals surface area contributed by atoms with Gasteiger partial charge < -0.3 is 19.7 Å². The van der Waals surface area contributed by atoms with Gasteiger partial charge in [0.15, 0.2) is 5.96 Å². The molecule has 0 radical (unpaired) electrons. The van der Waals surface area contributed by atoms with Crippen molar-refractivity contribution in [2.45, 2.75) is 77.3 Å². The van der Waals surface area contributed by atoms with Crippen LogP contribution in [0.4, 0.5) is 0 Å². The van der Waals surface area contributed by atoms with E-state index in [2.05, 4.69) is 46.0 Å². The Bertz CT molecular complexity index is 1010. The molecule has 3 aromatic rings. The number of guanidine groups is 1. The highest BCUT2D eigenvalue weighted by atomic mass is 35.5. The summed E-state index contributed by atoms with van der Waals surface area (Å²) in [7, 11) is 0. The summed E-state index contributed by atoms with van der Waals surface area (Å²) < 4.78 is 7.93. The maximum Gasteiger partial charge on any atom is 0.249 e. The monoisotopic (exact) mass is 458 g/mol. The second-order valence-electron chi connectivity index (χ2n) is 8.56. The van der Waals surface area contributed by atoms with Crippen molar-refractivity contribution in [3.63, 3.8) is 0 Å². The van der Waals surface area contributed by atoms with Crippen LogP contribution in [0.25, 0.3) is 22.3 Å². The van der Waals surface area contributed by atoms with Crippen LogP contribution in [0.2, 0.25) is 0 Å². The zero-order chi connectivity index (χ0) is 21.6. The first-order chi connectivity index (χ1) is 15.2. The van der Waals surface area contributed by atoms with Gasteiger partial charge in [0.05, 0.1) is 0 Å². The summed E-state index contributed by atoms with van der Waals surface area (Å²) in [4.78, 5) is 6.51. The van der Waals surface area contributed by atoms with Crippen LogP contribution < -0.4 is 5.73 Å². The number of unbranched alkanes of at least 4 members (excludes halogenated alkanes) is 6. The molecule has 0 spiro atoms. The van der Waals surface area contributed by atoms with Gasteiger partial charge in [0.1, 0.15) is 6.04 Å². The van der Waals surface area contributed by atoms with Crippen molar-refractivity contribution < 1.29 is 4.52 Å². The van der Waals surface area contributed by atoms with Crippen molar-refractivity contribution in [2.24, 2.45) is 5.73 Å². The van der Waals surface area contributed by atoms with Crippen LogP contribution in [0.1, 0.15) is 76.6 Å². The van der Waals surface area contributed by atoms with Gasteiger partial charge in [-0.2, -0.15) is 4.98 Å². The molecule has 2 aromatic heterocycles. The Labute approximate surface area is 196 Å². The average molecular weight is 459 g/mol. The fourth-order valence-corrected chi connectivity index (χ4v) is 4.64. The number of hydrogen-bond donors (Lipinski definition) is 2. The lowest BCUT2D eigenvalue weighted by molar-refractivity contribution is 0.283. The van der Waals surface area contributed by atoms with Crippen molar-refractivity contribution in [3.05, 3.63) is 36.4 Å². The molecular weight excluding hydrogens is 424 g/mol. The molecule has 1 fully saturated rings. The highest BCUT2D eigenvalue weighted by molar-refractivity contribution is 5.93. The number of likely N-dealkylation sites (tertiary alicyclic amines) is 1. The van der Waals surface area contributed by atoms with Crippen molar-refractivity contribution >= 4 is 29.3 Å². The molecule has 1 atom stereocenters. The van der Waals surface area contributed by atoms with Crippen LogP contribution >= 0.6 is 12.4 Å². The lowest BCUT2D eigenvalue weighted by atomic mass is 10.1. The zero-order valence-corrected chi connectivity index (χ0v) is 19.7. The predicted octanol–water partition coefficient (Wildman–Crippen LogP) is 5.89. The molecule has 7 nitrogen and oxygen atoms in total. The molecule has 32 heavy (non-hydrogen) atoms. The molecule has 1 aliphatic heterocycles. The number of fused-ring (bicyclic) bond motifs is 1. The van der Waals surface area contributed by atoms with Crippen LogP contribution in [-0.4, -0.2) is 32.1 Å². The standard InChI is InChI=1S/C24H34N6O.ClH/c1-2-3-4-5-6-7-8-15-29-17-14-18-19(11-9-12-20(18)29)22-27-23(31-28-22)21-13-10-16-30(21)24(25)26;/h9,11-12,14,17,21H,2-8,10,13,15-16H2,1H3,(H3,25,26);1H. The topological polar surface area (TPSA) is 97.0 Å². The van der Waals surface area contributed by atoms with Gasteiger partial charge in [0.25, 0.3) is 0 Å². The Morgan fingerprint density at radius 1 is 1.16 bits per heavy atom. The van der Waals surface area contributed by atoms with E-state index in [0.717, 1.165) is 36.9 Å². The van der Waals surface area contributed by atoms with Crippen LogP contribution in [0, 0.1) is 5.41 Å². The van der Waals surface area contributed by atoms with E-state index in [4.69, 9.17) is 15.7 Å². The molecule has 0 bridgehead atoms. The second-order valence-corrected chi connectivity index (χ2v) is 8.56.